The number of amides is 6. The fourth-order valence-corrected chi connectivity index (χ4v) is 8.92. The van der Waals surface area contributed by atoms with Crippen LogP contribution in [0.25, 0.3) is 0 Å². The molecule has 0 bridgehead atoms. The highest BCUT2D eigenvalue weighted by Crippen LogP contribution is 2.32. The van der Waals surface area contributed by atoms with Crippen molar-refractivity contribution < 1.29 is 23.6 Å². The molecule has 3 aromatic rings. The first-order chi connectivity index (χ1) is 28.0. The molecule has 2 aromatic carbocycles. The molecular formula is C40H52FN13O4. The number of carbonyl (C=O) groups excluding carboxylic acids is 4. The van der Waals surface area contributed by atoms with Gasteiger partial charge in [0, 0.05) is 109 Å². The van der Waals surface area contributed by atoms with Crippen LogP contribution in [-0.2, 0) is 4.79 Å². The molecule has 0 unspecified atom stereocenters. The maximum Gasteiger partial charge on any atom is 0.328 e. The summed E-state index contributed by atoms with van der Waals surface area (Å²) in [5.74, 6) is -0.438. The SMILES string of the molecule is Cc1cc(N2CCC(CN3CCN(c4ccc(Nc5nc(N6CCC[C@@H](N7CCN(C)C7=O)C6)nnc5C(N)=O)cc4F)CC3)CC2)ccc1N1CCC(=O)NC1=O. The van der Waals surface area contributed by atoms with Crippen LogP contribution >= 0.6 is 0 Å². The minimum atomic E-state index is -0.802. The minimum absolute atomic E-state index is 0.0127. The summed E-state index contributed by atoms with van der Waals surface area (Å²) >= 11 is 0. The molecule has 6 amide bonds. The molecule has 5 aliphatic heterocycles. The van der Waals surface area contributed by atoms with Crippen molar-refractivity contribution >= 4 is 58.4 Å². The molecule has 0 aliphatic carbocycles. The molecule has 0 spiro atoms. The van der Waals surface area contributed by atoms with Crippen molar-refractivity contribution in [2.75, 3.05) is 111 Å². The van der Waals surface area contributed by atoms with Crippen molar-refractivity contribution in [2.45, 2.75) is 45.1 Å². The van der Waals surface area contributed by atoms with Crippen molar-refractivity contribution in [2.24, 2.45) is 11.7 Å². The minimum Gasteiger partial charge on any atom is -0.372 e. The molecule has 58 heavy (non-hydrogen) atoms. The molecule has 308 valence electrons. The molecule has 1 atom stereocenters. The van der Waals surface area contributed by atoms with E-state index in [1.807, 2.05) is 22.8 Å². The van der Waals surface area contributed by atoms with Gasteiger partial charge in [-0.3, -0.25) is 24.7 Å². The van der Waals surface area contributed by atoms with Gasteiger partial charge in [-0.05, 0) is 80.5 Å². The molecule has 5 fully saturated rings. The zero-order valence-corrected chi connectivity index (χ0v) is 33.2. The lowest BCUT2D eigenvalue weighted by Crippen LogP contribution is -2.49. The Morgan fingerprint density at radius 1 is 0.879 bits per heavy atom. The summed E-state index contributed by atoms with van der Waals surface area (Å²) in [5.41, 5.74) is 9.39. The number of imide groups is 1. The van der Waals surface area contributed by atoms with Crippen LogP contribution in [0.1, 0.15) is 48.2 Å². The van der Waals surface area contributed by atoms with E-state index in [0.717, 1.165) is 75.3 Å². The van der Waals surface area contributed by atoms with Gasteiger partial charge >= 0.3 is 12.1 Å². The number of piperazine rings is 1. The van der Waals surface area contributed by atoms with E-state index in [4.69, 9.17) is 5.73 Å². The smallest absolute Gasteiger partial charge is 0.328 e. The van der Waals surface area contributed by atoms with Crippen LogP contribution in [0.3, 0.4) is 0 Å². The number of likely N-dealkylation sites (N-methyl/N-ethyl adjacent to an activating group) is 1. The van der Waals surface area contributed by atoms with Gasteiger partial charge in [-0.25, -0.2) is 14.0 Å². The summed E-state index contributed by atoms with van der Waals surface area (Å²) in [6.07, 6.45) is 4.18. The van der Waals surface area contributed by atoms with Crippen molar-refractivity contribution in [1.82, 2.24) is 35.2 Å². The van der Waals surface area contributed by atoms with E-state index in [0.29, 0.717) is 75.5 Å². The van der Waals surface area contributed by atoms with Crippen molar-refractivity contribution in [3.63, 3.8) is 0 Å². The van der Waals surface area contributed by atoms with Gasteiger partial charge in [0.2, 0.25) is 11.9 Å². The van der Waals surface area contributed by atoms with Crippen LogP contribution in [0.5, 0.6) is 0 Å². The largest absolute Gasteiger partial charge is 0.372 e. The van der Waals surface area contributed by atoms with Gasteiger partial charge in [-0.1, -0.05) is 0 Å². The number of hydrogen-bond acceptors (Lipinski definition) is 12. The number of halogens is 1. The van der Waals surface area contributed by atoms with E-state index >= 15 is 4.39 Å². The number of anilines is 6. The average molecular weight is 798 g/mol. The number of nitrogens with two attached hydrogens (primary N) is 1. The van der Waals surface area contributed by atoms with Gasteiger partial charge < -0.3 is 35.6 Å². The Hall–Kier alpha value is -5.78. The first kappa shape index (κ1) is 39.1. The van der Waals surface area contributed by atoms with E-state index in [1.54, 1.807) is 29.0 Å². The highest BCUT2D eigenvalue weighted by atomic mass is 19.1. The molecule has 6 heterocycles. The topological polar surface area (TPSA) is 180 Å². The number of nitrogens with one attached hydrogen (secondary N) is 2. The Balaban J connectivity index is 0.829. The molecule has 4 N–H and O–H groups in total. The van der Waals surface area contributed by atoms with Gasteiger partial charge in [0.15, 0.2) is 11.5 Å². The van der Waals surface area contributed by atoms with Gasteiger partial charge in [-0.2, -0.15) is 4.98 Å². The van der Waals surface area contributed by atoms with Crippen LogP contribution in [-0.4, -0.2) is 145 Å². The average Bonchev–Trinajstić information content (AvgIpc) is 3.55. The van der Waals surface area contributed by atoms with Crippen LogP contribution in [0, 0.1) is 18.7 Å². The number of piperidine rings is 2. The highest BCUT2D eigenvalue weighted by Gasteiger charge is 2.35. The number of primary amides is 1. The standard InChI is InChI=1S/C40H52FN13O4/c1-26-22-29(6-8-32(26)54-15-11-34(55)44-39(54)57)50-13-9-27(10-14-50)24-49-17-19-51(20-18-49)33-7-5-28(23-31(33)41)43-37-35(36(42)56)46-47-38(45-37)52-12-3-4-30(25-52)53-21-16-48(2)40(53)58/h5-8,22-23,27,30H,3-4,9-21,24-25H2,1-2H3,(H2,42,56)(H,43,45,47)(H,44,55,57)/t30-/m1/s1. The fourth-order valence-electron chi connectivity index (χ4n) is 8.92. The summed E-state index contributed by atoms with van der Waals surface area (Å²) in [4.78, 5) is 67.7. The lowest BCUT2D eigenvalue weighted by Gasteiger charge is -2.40. The third-order valence-corrected chi connectivity index (χ3v) is 12.2. The second-order valence-electron chi connectivity index (χ2n) is 16.0. The van der Waals surface area contributed by atoms with Crippen LogP contribution in [0.2, 0.25) is 0 Å². The Morgan fingerprint density at radius 3 is 2.34 bits per heavy atom. The number of aryl methyl sites for hydroxylation is 1. The van der Waals surface area contributed by atoms with Crippen LogP contribution < -0.4 is 36.0 Å². The first-order valence-electron chi connectivity index (χ1n) is 20.3. The fraction of sp³-hybridized carbons (Fsp3) is 0.525. The zero-order valence-electron chi connectivity index (χ0n) is 33.2. The number of rotatable bonds is 10. The normalized spacial score (nSPS) is 21.2. The summed E-state index contributed by atoms with van der Waals surface area (Å²) in [6, 6.07) is 10.8. The predicted octanol–water partition coefficient (Wildman–Crippen LogP) is 2.98. The molecule has 8 rings (SSSR count). The Bertz CT molecular complexity index is 2050. The maximum atomic E-state index is 15.7. The number of nitrogens with zero attached hydrogens (tertiary/aromatic N) is 10. The van der Waals surface area contributed by atoms with E-state index in [-0.39, 0.29) is 41.3 Å². The predicted molar refractivity (Wildman–Crippen MR) is 218 cm³/mol. The molecule has 0 radical (unpaired) electrons. The first-order valence-corrected chi connectivity index (χ1v) is 20.3. The lowest BCUT2D eigenvalue weighted by atomic mass is 9.95. The van der Waals surface area contributed by atoms with E-state index in [9.17, 15) is 19.2 Å². The number of benzene rings is 2. The van der Waals surface area contributed by atoms with Gasteiger partial charge in [0.05, 0.1) is 11.7 Å². The van der Waals surface area contributed by atoms with Gasteiger partial charge in [0.1, 0.15) is 5.82 Å². The maximum absolute atomic E-state index is 15.7. The summed E-state index contributed by atoms with van der Waals surface area (Å²) in [5, 5.41) is 13.8. The van der Waals surface area contributed by atoms with E-state index in [2.05, 4.69) is 52.6 Å². The van der Waals surface area contributed by atoms with E-state index < -0.39 is 5.91 Å². The summed E-state index contributed by atoms with van der Waals surface area (Å²) < 4.78 is 15.7. The molecule has 5 saturated heterocycles. The van der Waals surface area contributed by atoms with Crippen LogP contribution in [0.4, 0.5) is 48.5 Å². The molecule has 0 saturated carbocycles. The number of urea groups is 2. The second kappa shape index (κ2) is 16.6. The number of hydrogen-bond donors (Lipinski definition) is 3. The molecule has 1 aromatic heterocycles. The third kappa shape index (κ3) is 8.28. The number of aromatic nitrogens is 3. The Labute approximate surface area is 337 Å². The lowest BCUT2D eigenvalue weighted by molar-refractivity contribution is -0.120. The highest BCUT2D eigenvalue weighted by molar-refractivity contribution is 6.06. The van der Waals surface area contributed by atoms with Crippen molar-refractivity contribution in [3.8, 4) is 0 Å². The van der Waals surface area contributed by atoms with Crippen molar-refractivity contribution in [3.05, 3.63) is 53.5 Å². The molecule has 17 nitrogen and oxygen atoms in total. The number of carbonyl (C=O) groups is 4. The monoisotopic (exact) mass is 797 g/mol. The summed E-state index contributed by atoms with van der Waals surface area (Å²) in [6.45, 7) is 11.0. The Kier molecular flexibility index (Phi) is 11.2. The zero-order chi connectivity index (χ0) is 40.5. The van der Waals surface area contributed by atoms with Crippen LogP contribution in [0.15, 0.2) is 36.4 Å². The molecular weight excluding hydrogens is 746 g/mol. The third-order valence-electron chi connectivity index (χ3n) is 12.2. The molecule has 18 heteroatoms. The van der Waals surface area contributed by atoms with Gasteiger partial charge in [-0.15, -0.1) is 10.2 Å². The molecule has 5 aliphatic rings. The Morgan fingerprint density at radius 2 is 1.66 bits per heavy atom. The quantitative estimate of drug-likeness (QED) is 0.274. The van der Waals surface area contributed by atoms with Crippen molar-refractivity contribution in [1.29, 1.82) is 0 Å². The summed E-state index contributed by atoms with van der Waals surface area (Å²) in [7, 11) is 1.80. The van der Waals surface area contributed by atoms with E-state index in [1.165, 1.54) is 6.07 Å². The second-order valence-corrected chi connectivity index (χ2v) is 16.0. The van der Waals surface area contributed by atoms with Gasteiger partial charge in [0.25, 0.3) is 5.91 Å².